The van der Waals surface area contributed by atoms with Gasteiger partial charge in [0.25, 0.3) is 0 Å². The van der Waals surface area contributed by atoms with E-state index in [1.807, 2.05) is 12.4 Å². The van der Waals surface area contributed by atoms with E-state index in [-0.39, 0.29) is 12.6 Å². The molecule has 2 aliphatic heterocycles. The molecule has 1 aromatic carbocycles. The van der Waals surface area contributed by atoms with Gasteiger partial charge in [0.15, 0.2) is 0 Å². The summed E-state index contributed by atoms with van der Waals surface area (Å²) in [6.45, 7) is 4.15. The Morgan fingerprint density at radius 3 is 2.45 bits per heavy atom. The summed E-state index contributed by atoms with van der Waals surface area (Å²) in [5.41, 5.74) is 2.55. The Balaban J connectivity index is 1.31. The summed E-state index contributed by atoms with van der Waals surface area (Å²) in [6.07, 6.45) is 11.4. The van der Waals surface area contributed by atoms with E-state index in [4.69, 9.17) is 0 Å². The molecule has 2 aromatic rings. The Labute approximate surface area is 196 Å². The Bertz CT molecular complexity index is 979. The predicted molar refractivity (Wildman–Crippen MR) is 127 cm³/mol. The van der Waals surface area contributed by atoms with Crippen molar-refractivity contribution in [3.8, 4) is 11.8 Å². The van der Waals surface area contributed by atoms with Gasteiger partial charge < -0.3 is 10.2 Å². The van der Waals surface area contributed by atoms with Gasteiger partial charge in [-0.2, -0.15) is 0 Å². The Morgan fingerprint density at radius 2 is 1.73 bits per heavy atom. The van der Waals surface area contributed by atoms with Crippen LogP contribution in [0.15, 0.2) is 43.0 Å². The zero-order valence-corrected chi connectivity index (χ0v) is 19.2. The Kier molecular flexibility index (Phi) is 6.75. The average molecular weight is 447 g/mol. The van der Waals surface area contributed by atoms with Crippen LogP contribution in [0, 0.1) is 11.8 Å². The summed E-state index contributed by atoms with van der Waals surface area (Å²) in [6, 6.07) is 9.04. The van der Waals surface area contributed by atoms with Crippen molar-refractivity contribution in [2.45, 2.75) is 68.7 Å². The van der Waals surface area contributed by atoms with Crippen molar-refractivity contribution in [1.82, 2.24) is 19.8 Å². The molecule has 2 saturated heterocycles. The quantitative estimate of drug-likeness (QED) is 0.704. The molecular formula is C27H34N4O2. The van der Waals surface area contributed by atoms with Crippen LogP contribution in [-0.2, 0) is 6.54 Å². The molecule has 5 rings (SSSR count). The second-order valence-electron chi connectivity index (χ2n) is 9.88. The number of hydrogen-bond acceptors (Lipinski definition) is 6. The molecule has 3 heterocycles. The van der Waals surface area contributed by atoms with Crippen molar-refractivity contribution in [3.05, 3.63) is 59.7 Å². The van der Waals surface area contributed by atoms with Gasteiger partial charge in [-0.3, -0.25) is 9.80 Å². The molecule has 33 heavy (non-hydrogen) atoms. The minimum absolute atomic E-state index is 0.172. The molecule has 2 N–H and O–H groups in total. The molecule has 1 aliphatic carbocycles. The number of aromatic nitrogens is 2. The van der Waals surface area contributed by atoms with Crippen molar-refractivity contribution in [2.75, 3.05) is 26.2 Å². The minimum Gasteiger partial charge on any atom is -0.395 e. The SMILES string of the molecule is OC[C@@H]1[C@H](c2ccc(C#CC3(O)CCCC3)cc2)[C@H]2CN(Cc3cncnc3)CCCCN12. The van der Waals surface area contributed by atoms with Crippen LogP contribution < -0.4 is 0 Å². The molecule has 174 valence electrons. The molecule has 6 heteroatoms. The lowest BCUT2D eigenvalue weighted by Crippen LogP contribution is -2.67. The Hall–Kier alpha value is -2.30. The van der Waals surface area contributed by atoms with Gasteiger partial charge in [-0.1, -0.05) is 24.0 Å². The van der Waals surface area contributed by atoms with Crippen LogP contribution >= 0.6 is 0 Å². The van der Waals surface area contributed by atoms with E-state index in [1.54, 1.807) is 6.33 Å². The molecule has 3 aliphatic rings. The molecule has 0 amide bonds. The number of aliphatic hydroxyl groups excluding tert-OH is 1. The molecule has 1 aromatic heterocycles. The third kappa shape index (κ3) is 4.97. The molecule has 0 bridgehead atoms. The van der Waals surface area contributed by atoms with Crippen molar-refractivity contribution >= 4 is 0 Å². The zero-order chi connectivity index (χ0) is 22.7. The zero-order valence-electron chi connectivity index (χ0n) is 19.2. The van der Waals surface area contributed by atoms with Crippen molar-refractivity contribution in [2.24, 2.45) is 0 Å². The lowest BCUT2D eigenvalue weighted by Gasteiger charge is -2.57. The first-order valence-corrected chi connectivity index (χ1v) is 12.3. The second kappa shape index (κ2) is 9.90. The highest BCUT2D eigenvalue weighted by Crippen LogP contribution is 2.42. The fourth-order valence-electron chi connectivity index (χ4n) is 5.89. The van der Waals surface area contributed by atoms with E-state index in [2.05, 4.69) is 55.9 Å². The minimum atomic E-state index is -0.804. The summed E-state index contributed by atoms with van der Waals surface area (Å²) in [5.74, 6) is 6.59. The van der Waals surface area contributed by atoms with Gasteiger partial charge in [-0.25, -0.2) is 9.97 Å². The molecule has 3 atom stereocenters. The number of aliphatic hydroxyl groups is 2. The van der Waals surface area contributed by atoms with Crippen LogP contribution in [-0.4, -0.2) is 73.9 Å². The van der Waals surface area contributed by atoms with Crippen LogP contribution in [0.5, 0.6) is 0 Å². The van der Waals surface area contributed by atoms with Gasteiger partial charge in [-0.05, 0) is 69.3 Å². The van der Waals surface area contributed by atoms with Gasteiger partial charge in [0, 0.05) is 54.6 Å². The third-order valence-corrected chi connectivity index (χ3v) is 7.64. The standard InChI is InChI=1S/C27H34N4O2/c32-19-25-26(23-7-5-21(6-8-23)9-12-27(33)10-1-2-11-27)24-18-30(13-3-4-14-31(24)25)17-22-15-28-20-29-16-22/h5-8,15-16,20,24-26,32-33H,1-4,10-11,13-14,17-19H2/t24-,25-,26-/m1/s1. The molecule has 1 saturated carbocycles. The summed E-state index contributed by atoms with van der Waals surface area (Å²) in [5, 5.41) is 20.7. The van der Waals surface area contributed by atoms with Crippen molar-refractivity contribution < 1.29 is 10.2 Å². The largest absolute Gasteiger partial charge is 0.395 e. The number of fused-ring (bicyclic) bond motifs is 1. The van der Waals surface area contributed by atoms with Gasteiger partial charge in [0.1, 0.15) is 11.9 Å². The highest BCUT2D eigenvalue weighted by molar-refractivity contribution is 5.40. The first-order valence-electron chi connectivity index (χ1n) is 12.3. The van der Waals surface area contributed by atoms with Crippen LogP contribution in [0.4, 0.5) is 0 Å². The van der Waals surface area contributed by atoms with Crippen LogP contribution in [0.1, 0.15) is 61.1 Å². The van der Waals surface area contributed by atoms with Crippen molar-refractivity contribution in [3.63, 3.8) is 0 Å². The third-order valence-electron chi connectivity index (χ3n) is 7.64. The van der Waals surface area contributed by atoms with Crippen LogP contribution in [0.25, 0.3) is 0 Å². The maximum Gasteiger partial charge on any atom is 0.125 e. The van der Waals surface area contributed by atoms with Gasteiger partial charge in [0.05, 0.1) is 6.61 Å². The van der Waals surface area contributed by atoms with Crippen LogP contribution in [0.3, 0.4) is 0 Å². The van der Waals surface area contributed by atoms with Crippen molar-refractivity contribution in [1.29, 1.82) is 0 Å². The van der Waals surface area contributed by atoms with E-state index in [9.17, 15) is 10.2 Å². The van der Waals surface area contributed by atoms with E-state index in [0.29, 0.717) is 12.0 Å². The lowest BCUT2D eigenvalue weighted by molar-refractivity contribution is -0.0655. The second-order valence-corrected chi connectivity index (χ2v) is 9.88. The summed E-state index contributed by atoms with van der Waals surface area (Å²) >= 11 is 0. The van der Waals surface area contributed by atoms with Gasteiger partial charge >= 0.3 is 0 Å². The summed E-state index contributed by atoms with van der Waals surface area (Å²) in [7, 11) is 0. The molecule has 0 unspecified atom stereocenters. The molecule has 0 radical (unpaired) electrons. The highest BCUT2D eigenvalue weighted by atomic mass is 16.3. The first kappa shape index (κ1) is 22.5. The molecule has 6 nitrogen and oxygen atoms in total. The number of nitrogens with zero attached hydrogens (tertiary/aromatic N) is 4. The van der Waals surface area contributed by atoms with Gasteiger partial charge in [0.2, 0.25) is 0 Å². The maximum absolute atomic E-state index is 10.5. The van der Waals surface area contributed by atoms with E-state index in [1.165, 1.54) is 12.0 Å². The number of hydrogen-bond donors (Lipinski definition) is 2. The average Bonchev–Trinajstić information content (AvgIpc) is 3.26. The normalized spacial score (nSPS) is 27.5. The molecule has 3 fully saturated rings. The highest BCUT2D eigenvalue weighted by Gasteiger charge is 2.49. The monoisotopic (exact) mass is 446 g/mol. The number of benzene rings is 1. The first-order chi connectivity index (χ1) is 16.1. The van der Waals surface area contributed by atoms with E-state index in [0.717, 1.165) is 69.4 Å². The lowest BCUT2D eigenvalue weighted by atomic mass is 9.74. The molecular weight excluding hydrogens is 412 g/mol. The maximum atomic E-state index is 10.5. The fraction of sp³-hybridized carbons (Fsp3) is 0.556. The van der Waals surface area contributed by atoms with Gasteiger partial charge in [-0.15, -0.1) is 0 Å². The summed E-state index contributed by atoms with van der Waals surface area (Å²) in [4.78, 5) is 13.4. The fourth-order valence-corrected chi connectivity index (χ4v) is 5.89. The Morgan fingerprint density at radius 1 is 1.00 bits per heavy atom. The van der Waals surface area contributed by atoms with Crippen LogP contribution in [0.2, 0.25) is 0 Å². The summed E-state index contributed by atoms with van der Waals surface area (Å²) < 4.78 is 0. The smallest absolute Gasteiger partial charge is 0.125 e. The van der Waals surface area contributed by atoms with E-state index >= 15 is 0 Å². The topological polar surface area (TPSA) is 72.7 Å². The number of rotatable bonds is 4. The molecule has 0 spiro atoms. The van der Waals surface area contributed by atoms with E-state index < -0.39 is 5.60 Å². The predicted octanol–water partition coefficient (Wildman–Crippen LogP) is 2.56.